The Morgan fingerprint density at radius 3 is 2.24 bits per heavy atom. The average molecular weight is 263 g/mol. The zero-order chi connectivity index (χ0) is 12.7. The van der Waals surface area contributed by atoms with E-state index in [1.807, 2.05) is 0 Å². The number of rotatable bonds is 5. The first kappa shape index (κ1) is 14.4. The van der Waals surface area contributed by atoms with Crippen LogP contribution in [0, 0.1) is 0 Å². The van der Waals surface area contributed by atoms with Crippen molar-refractivity contribution in [3.63, 3.8) is 0 Å². The van der Waals surface area contributed by atoms with Crippen LogP contribution in [0.5, 0.6) is 0 Å². The van der Waals surface area contributed by atoms with Crippen molar-refractivity contribution in [1.82, 2.24) is 14.3 Å². The smallest absolute Gasteiger partial charge is 0.279 e. The number of amides is 1. The molecule has 0 atom stereocenters. The number of carbonyl (C=O) groups is 1. The van der Waals surface area contributed by atoms with E-state index in [1.165, 1.54) is 11.2 Å². The maximum atomic E-state index is 11.9. The molecule has 0 aromatic rings. The normalized spacial score (nSPS) is 18.6. The maximum Gasteiger partial charge on any atom is 0.279 e. The first-order valence-corrected chi connectivity index (χ1v) is 7.45. The van der Waals surface area contributed by atoms with E-state index in [-0.39, 0.29) is 12.5 Å². The Morgan fingerprint density at radius 1 is 1.12 bits per heavy atom. The molecule has 1 aliphatic heterocycles. The summed E-state index contributed by atoms with van der Waals surface area (Å²) in [6.45, 7) is 3.15. The monoisotopic (exact) mass is 263 g/mol. The van der Waals surface area contributed by atoms with E-state index in [0.29, 0.717) is 19.6 Å². The lowest BCUT2D eigenvalue weighted by Crippen LogP contribution is -2.43. The molecule has 0 unspecified atom stereocenters. The van der Waals surface area contributed by atoms with Gasteiger partial charge in [0.25, 0.3) is 10.2 Å². The molecular formula is C10H21N3O3S. The van der Waals surface area contributed by atoms with Gasteiger partial charge in [-0.3, -0.25) is 4.79 Å². The Balaban J connectivity index is 2.35. The molecule has 6 nitrogen and oxygen atoms in total. The molecule has 1 fully saturated rings. The van der Waals surface area contributed by atoms with E-state index in [0.717, 1.165) is 25.7 Å². The number of nitrogens with one attached hydrogen (secondary N) is 2. The predicted octanol–water partition coefficient (Wildman–Crippen LogP) is -0.167. The van der Waals surface area contributed by atoms with Crippen LogP contribution in [0.15, 0.2) is 0 Å². The van der Waals surface area contributed by atoms with Gasteiger partial charge >= 0.3 is 0 Å². The fourth-order valence-electron chi connectivity index (χ4n) is 1.79. The Hall–Kier alpha value is -0.660. The quantitative estimate of drug-likeness (QED) is 0.676. The van der Waals surface area contributed by atoms with Gasteiger partial charge < -0.3 is 5.32 Å². The van der Waals surface area contributed by atoms with Crippen LogP contribution in [0.4, 0.5) is 0 Å². The van der Waals surface area contributed by atoms with Crippen molar-refractivity contribution in [2.75, 3.05) is 26.2 Å². The zero-order valence-electron chi connectivity index (χ0n) is 10.2. The van der Waals surface area contributed by atoms with Crippen molar-refractivity contribution in [3.8, 4) is 0 Å². The zero-order valence-corrected chi connectivity index (χ0v) is 11.1. The fraction of sp³-hybridized carbons (Fsp3) is 0.900. The van der Waals surface area contributed by atoms with Crippen LogP contribution in [0.25, 0.3) is 0 Å². The van der Waals surface area contributed by atoms with Crippen LogP contribution < -0.4 is 10.0 Å². The third kappa shape index (κ3) is 5.47. The van der Waals surface area contributed by atoms with Crippen LogP contribution in [0.2, 0.25) is 0 Å². The Labute approximate surface area is 103 Å². The maximum absolute atomic E-state index is 11.9. The van der Waals surface area contributed by atoms with Crippen LogP contribution >= 0.6 is 0 Å². The van der Waals surface area contributed by atoms with E-state index in [9.17, 15) is 13.2 Å². The molecule has 0 radical (unpaired) electrons. The van der Waals surface area contributed by atoms with Gasteiger partial charge in [-0.1, -0.05) is 12.8 Å². The molecule has 1 saturated heterocycles. The van der Waals surface area contributed by atoms with Crippen LogP contribution in [0.3, 0.4) is 0 Å². The van der Waals surface area contributed by atoms with Crippen molar-refractivity contribution >= 4 is 16.1 Å². The SMILES string of the molecule is CC(=O)NCCNS(=O)(=O)N1CCCCCC1. The van der Waals surface area contributed by atoms with Gasteiger partial charge in [0.05, 0.1) is 0 Å². The van der Waals surface area contributed by atoms with Crippen LogP contribution in [-0.4, -0.2) is 44.8 Å². The first-order chi connectivity index (χ1) is 8.02. The molecule has 1 aliphatic rings. The van der Waals surface area contributed by atoms with E-state index < -0.39 is 10.2 Å². The van der Waals surface area contributed by atoms with Gasteiger partial charge in [-0.05, 0) is 12.8 Å². The highest BCUT2D eigenvalue weighted by molar-refractivity contribution is 7.87. The number of hydrogen-bond donors (Lipinski definition) is 2. The van der Waals surface area contributed by atoms with E-state index in [2.05, 4.69) is 10.0 Å². The van der Waals surface area contributed by atoms with Crippen LogP contribution in [-0.2, 0) is 15.0 Å². The molecule has 0 bridgehead atoms. The molecule has 1 rings (SSSR count). The minimum Gasteiger partial charge on any atom is -0.355 e. The van der Waals surface area contributed by atoms with Crippen molar-refractivity contribution in [2.45, 2.75) is 32.6 Å². The lowest BCUT2D eigenvalue weighted by molar-refractivity contribution is -0.118. The largest absolute Gasteiger partial charge is 0.355 e. The van der Waals surface area contributed by atoms with Gasteiger partial charge in [0.2, 0.25) is 5.91 Å². The summed E-state index contributed by atoms with van der Waals surface area (Å²) < 4.78 is 27.8. The standard InChI is InChI=1S/C10H21N3O3S/c1-10(14)11-6-7-12-17(15,16)13-8-4-2-3-5-9-13/h12H,2-9H2,1H3,(H,11,14). The molecule has 0 spiro atoms. The van der Waals surface area contributed by atoms with Crippen molar-refractivity contribution < 1.29 is 13.2 Å². The van der Waals surface area contributed by atoms with Gasteiger partial charge in [-0.2, -0.15) is 12.7 Å². The summed E-state index contributed by atoms with van der Waals surface area (Å²) in [6.07, 6.45) is 4.04. The Kier molecular flexibility index (Phi) is 5.87. The van der Waals surface area contributed by atoms with Gasteiger partial charge in [0, 0.05) is 33.1 Å². The predicted molar refractivity (Wildman–Crippen MR) is 65.6 cm³/mol. The second-order valence-corrected chi connectivity index (χ2v) is 5.95. The molecule has 0 aromatic heterocycles. The molecule has 0 aliphatic carbocycles. The molecule has 0 aromatic carbocycles. The van der Waals surface area contributed by atoms with E-state index in [1.54, 1.807) is 0 Å². The minimum atomic E-state index is -3.37. The summed E-state index contributed by atoms with van der Waals surface area (Å²) in [5.41, 5.74) is 0. The van der Waals surface area contributed by atoms with Gasteiger partial charge in [0.1, 0.15) is 0 Å². The molecular weight excluding hydrogens is 242 g/mol. The lowest BCUT2D eigenvalue weighted by atomic mass is 10.2. The van der Waals surface area contributed by atoms with Crippen molar-refractivity contribution in [2.24, 2.45) is 0 Å². The highest BCUT2D eigenvalue weighted by Crippen LogP contribution is 2.11. The van der Waals surface area contributed by atoms with Gasteiger partial charge in [-0.25, -0.2) is 4.72 Å². The van der Waals surface area contributed by atoms with Crippen molar-refractivity contribution in [1.29, 1.82) is 0 Å². The average Bonchev–Trinajstić information content (AvgIpc) is 2.53. The van der Waals surface area contributed by atoms with Gasteiger partial charge in [-0.15, -0.1) is 0 Å². The second kappa shape index (κ2) is 6.93. The summed E-state index contributed by atoms with van der Waals surface area (Å²) in [6, 6.07) is 0. The third-order valence-corrected chi connectivity index (χ3v) is 4.30. The summed E-state index contributed by atoms with van der Waals surface area (Å²) in [7, 11) is -3.37. The van der Waals surface area contributed by atoms with Gasteiger partial charge in [0.15, 0.2) is 0 Å². The van der Waals surface area contributed by atoms with E-state index >= 15 is 0 Å². The minimum absolute atomic E-state index is 0.154. The summed E-state index contributed by atoms with van der Waals surface area (Å²) >= 11 is 0. The molecule has 2 N–H and O–H groups in total. The van der Waals surface area contributed by atoms with E-state index in [4.69, 9.17) is 0 Å². The number of hydrogen-bond acceptors (Lipinski definition) is 3. The molecule has 1 amide bonds. The second-order valence-electron chi connectivity index (χ2n) is 4.20. The highest BCUT2D eigenvalue weighted by Gasteiger charge is 2.21. The highest BCUT2D eigenvalue weighted by atomic mass is 32.2. The number of carbonyl (C=O) groups excluding carboxylic acids is 1. The topological polar surface area (TPSA) is 78.5 Å². The molecule has 0 saturated carbocycles. The fourth-order valence-corrected chi connectivity index (χ4v) is 3.07. The summed E-state index contributed by atoms with van der Waals surface area (Å²) in [5.74, 6) is -0.154. The van der Waals surface area contributed by atoms with Crippen molar-refractivity contribution in [3.05, 3.63) is 0 Å². The third-order valence-electron chi connectivity index (χ3n) is 2.69. The molecule has 17 heavy (non-hydrogen) atoms. The summed E-state index contributed by atoms with van der Waals surface area (Å²) in [5, 5.41) is 2.55. The van der Waals surface area contributed by atoms with Crippen LogP contribution in [0.1, 0.15) is 32.6 Å². The Morgan fingerprint density at radius 2 is 1.71 bits per heavy atom. The lowest BCUT2D eigenvalue weighted by Gasteiger charge is -2.20. The molecule has 1 heterocycles. The summed E-state index contributed by atoms with van der Waals surface area (Å²) in [4.78, 5) is 10.6. The first-order valence-electron chi connectivity index (χ1n) is 6.01. The molecule has 100 valence electrons. The number of nitrogens with zero attached hydrogens (tertiary/aromatic N) is 1. The Bertz CT molecular complexity index is 335. The molecule has 7 heteroatoms.